The first-order valence-electron chi connectivity index (χ1n) is 9.44. The lowest BCUT2D eigenvalue weighted by atomic mass is 10.0. The van der Waals surface area contributed by atoms with Crippen LogP contribution in [0.2, 0.25) is 0 Å². The molecular weight excluding hydrogens is 375 g/mol. The molecule has 1 aliphatic rings. The van der Waals surface area contributed by atoms with E-state index in [9.17, 15) is 9.18 Å². The third-order valence-corrected chi connectivity index (χ3v) is 4.28. The minimum absolute atomic E-state index is 0.194. The lowest BCUT2D eigenvalue weighted by molar-refractivity contribution is 0.163. The van der Waals surface area contributed by atoms with Gasteiger partial charge in [-0.3, -0.25) is 5.41 Å². The van der Waals surface area contributed by atoms with Crippen LogP contribution < -0.4 is 16.4 Å². The van der Waals surface area contributed by atoms with Crippen molar-refractivity contribution >= 4 is 17.9 Å². The van der Waals surface area contributed by atoms with Crippen LogP contribution in [0.5, 0.6) is 0 Å². The molecule has 0 saturated carbocycles. The first-order valence-corrected chi connectivity index (χ1v) is 9.44. The number of benzene rings is 1. The van der Waals surface area contributed by atoms with Crippen LogP contribution in [0.3, 0.4) is 0 Å². The van der Waals surface area contributed by atoms with Crippen LogP contribution in [0.4, 0.5) is 15.1 Å². The lowest BCUT2D eigenvalue weighted by Crippen LogP contribution is -2.22. The summed E-state index contributed by atoms with van der Waals surface area (Å²) in [6.07, 6.45) is 3.90. The highest BCUT2D eigenvalue weighted by Crippen LogP contribution is 2.23. The Morgan fingerprint density at radius 3 is 2.55 bits per heavy atom. The van der Waals surface area contributed by atoms with E-state index >= 15 is 0 Å². The van der Waals surface area contributed by atoms with Gasteiger partial charge in [0.2, 0.25) is 5.95 Å². The van der Waals surface area contributed by atoms with E-state index in [1.54, 1.807) is 19.3 Å². The molecule has 156 valence electrons. The van der Waals surface area contributed by atoms with Gasteiger partial charge in [-0.05, 0) is 30.9 Å². The molecule has 1 saturated heterocycles. The molecule has 0 aliphatic carbocycles. The number of hydrogen-bond donors (Lipinski definition) is 3. The van der Waals surface area contributed by atoms with Crippen molar-refractivity contribution < 1.29 is 13.9 Å². The molecule has 1 fully saturated rings. The maximum Gasteiger partial charge on any atom is 0.404 e. The van der Waals surface area contributed by atoms with Crippen molar-refractivity contribution in [2.45, 2.75) is 32.4 Å². The number of halogens is 1. The van der Waals surface area contributed by atoms with Crippen LogP contribution in [0.1, 0.15) is 25.3 Å². The number of nitrogens with one attached hydrogen (secondary N) is 1. The second-order valence-electron chi connectivity index (χ2n) is 6.58. The Kier molecular flexibility index (Phi) is 8.32. The first kappa shape index (κ1) is 22.1. The van der Waals surface area contributed by atoms with Crippen LogP contribution in [-0.2, 0) is 11.2 Å². The predicted octanol–water partition coefficient (Wildman–Crippen LogP) is 2.66. The highest BCUT2D eigenvalue weighted by molar-refractivity contribution is 5.77. The minimum atomic E-state index is -0.781. The Morgan fingerprint density at radius 2 is 2.03 bits per heavy atom. The number of nitrogens with zero attached hydrogens (tertiary/aromatic N) is 3. The summed E-state index contributed by atoms with van der Waals surface area (Å²) in [4.78, 5) is 20.2. The van der Waals surface area contributed by atoms with Crippen molar-refractivity contribution in [3.05, 3.63) is 42.2 Å². The summed E-state index contributed by atoms with van der Waals surface area (Å²) in [5, 5.41) is 7.31. The van der Waals surface area contributed by atoms with Crippen molar-refractivity contribution in [2.75, 3.05) is 24.6 Å². The van der Waals surface area contributed by atoms with E-state index in [2.05, 4.69) is 26.5 Å². The molecule has 1 aliphatic heterocycles. The summed E-state index contributed by atoms with van der Waals surface area (Å²) in [5.41, 5.74) is 13.0. The molecule has 5 N–H and O–H groups in total. The molecule has 8 nitrogen and oxygen atoms in total. The van der Waals surface area contributed by atoms with Gasteiger partial charge in [0.25, 0.3) is 0 Å². The second kappa shape index (κ2) is 10.9. The molecule has 0 unspecified atom stereocenters. The molecule has 0 radical (unpaired) electrons. The van der Waals surface area contributed by atoms with Crippen molar-refractivity contribution in [3.63, 3.8) is 0 Å². The largest absolute Gasteiger partial charge is 0.450 e. The zero-order chi connectivity index (χ0) is 21.2. The monoisotopic (exact) mass is 402 g/mol. The molecule has 0 bridgehead atoms. The standard InChI is InChI=1S/C17H20FN5.C3H7NO2/c18-15-6-7-23(11-15)17-21-9-14(10-22-17)13-3-1-2-12(8-13)4-5-16(19)20;1-2-6-3(4)5/h1-3,8-10,15H,4-7,11H2,(H3,19,20);2H2,1H3,(H2,4,5)/t15-;/m0./s1. The normalized spacial score (nSPS) is 15.4. The Morgan fingerprint density at radius 1 is 1.31 bits per heavy atom. The van der Waals surface area contributed by atoms with Gasteiger partial charge in [-0.15, -0.1) is 0 Å². The van der Waals surface area contributed by atoms with Gasteiger partial charge in [-0.1, -0.05) is 24.3 Å². The maximum absolute atomic E-state index is 13.3. The number of primary amides is 1. The maximum atomic E-state index is 13.3. The molecule has 29 heavy (non-hydrogen) atoms. The number of aromatic nitrogens is 2. The zero-order valence-electron chi connectivity index (χ0n) is 16.5. The number of rotatable bonds is 6. The van der Waals surface area contributed by atoms with Crippen molar-refractivity contribution in [2.24, 2.45) is 11.5 Å². The fraction of sp³-hybridized carbons (Fsp3) is 0.400. The van der Waals surface area contributed by atoms with E-state index in [1.165, 1.54) is 0 Å². The molecule has 1 aromatic heterocycles. The average Bonchev–Trinajstić information content (AvgIpc) is 3.13. The number of ether oxygens (including phenoxy) is 1. The van der Waals surface area contributed by atoms with E-state index in [0.29, 0.717) is 38.5 Å². The summed E-state index contributed by atoms with van der Waals surface area (Å²) >= 11 is 0. The molecule has 9 heteroatoms. The van der Waals surface area contributed by atoms with Gasteiger partial charge < -0.3 is 21.1 Å². The summed E-state index contributed by atoms with van der Waals surface area (Å²) in [5.74, 6) is 0.779. The molecule has 1 aromatic carbocycles. The topological polar surface area (TPSA) is 131 Å². The fourth-order valence-electron chi connectivity index (χ4n) is 2.86. The number of carbonyl (C=O) groups excluding carboxylic acids is 1. The Balaban J connectivity index is 0.000000438. The number of anilines is 1. The van der Waals surface area contributed by atoms with Gasteiger partial charge in [-0.25, -0.2) is 19.2 Å². The van der Waals surface area contributed by atoms with E-state index in [0.717, 1.165) is 23.1 Å². The van der Waals surface area contributed by atoms with Crippen LogP contribution >= 0.6 is 0 Å². The Bertz CT molecular complexity index is 815. The molecule has 2 heterocycles. The molecule has 1 atom stereocenters. The summed E-state index contributed by atoms with van der Waals surface area (Å²) < 4.78 is 17.4. The van der Waals surface area contributed by atoms with Gasteiger partial charge in [0, 0.05) is 30.9 Å². The van der Waals surface area contributed by atoms with Crippen LogP contribution in [0.15, 0.2) is 36.7 Å². The summed E-state index contributed by atoms with van der Waals surface area (Å²) in [7, 11) is 0. The van der Waals surface area contributed by atoms with Crippen LogP contribution in [0, 0.1) is 5.41 Å². The van der Waals surface area contributed by atoms with Gasteiger partial charge in [0.1, 0.15) is 6.17 Å². The van der Waals surface area contributed by atoms with Crippen molar-refractivity contribution in [3.8, 4) is 11.1 Å². The number of hydrogen-bond acceptors (Lipinski definition) is 6. The fourth-order valence-corrected chi connectivity index (χ4v) is 2.86. The number of aryl methyl sites for hydroxylation is 1. The third-order valence-electron chi connectivity index (χ3n) is 4.28. The summed E-state index contributed by atoms with van der Waals surface area (Å²) in [6, 6.07) is 8.07. The second-order valence-corrected chi connectivity index (χ2v) is 6.58. The van der Waals surface area contributed by atoms with E-state index in [1.807, 2.05) is 23.1 Å². The van der Waals surface area contributed by atoms with Crippen LogP contribution in [0.25, 0.3) is 11.1 Å². The highest BCUT2D eigenvalue weighted by atomic mass is 19.1. The SMILES string of the molecule is CCOC(N)=O.N=C(N)CCc1cccc(-c2cnc(N3CC[C@H](F)C3)nc2)c1. The molecular formula is C20H27FN6O2. The predicted molar refractivity (Wildman–Crippen MR) is 111 cm³/mol. The number of nitrogens with two attached hydrogens (primary N) is 2. The highest BCUT2D eigenvalue weighted by Gasteiger charge is 2.23. The van der Waals surface area contributed by atoms with Crippen molar-refractivity contribution in [1.82, 2.24) is 9.97 Å². The summed E-state index contributed by atoms with van der Waals surface area (Å²) in [6.45, 7) is 3.10. The van der Waals surface area contributed by atoms with E-state index in [4.69, 9.17) is 11.1 Å². The van der Waals surface area contributed by atoms with Gasteiger partial charge >= 0.3 is 6.09 Å². The quantitative estimate of drug-likeness (QED) is 0.503. The number of carbonyl (C=O) groups is 1. The van der Waals surface area contributed by atoms with Gasteiger partial charge in [-0.2, -0.15) is 0 Å². The number of amides is 1. The zero-order valence-corrected chi connectivity index (χ0v) is 16.5. The smallest absolute Gasteiger partial charge is 0.404 e. The number of alkyl halides is 1. The Labute approximate surface area is 169 Å². The van der Waals surface area contributed by atoms with E-state index in [-0.39, 0.29) is 5.84 Å². The lowest BCUT2D eigenvalue weighted by Gasteiger charge is -2.14. The minimum Gasteiger partial charge on any atom is -0.450 e. The van der Waals surface area contributed by atoms with Crippen molar-refractivity contribution in [1.29, 1.82) is 5.41 Å². The van der Waals surface area contributed by atoms with Gasteiger partial charge in [0.05, 0.1) is 19.0 Å². The first-order chi connectivity index (χ1) is 13.9. The number of amidine groups is 1. The molecule has 3 rings (SSSR count). The van der Waals surface area contributed by atoms with Crippen LogP contribution in [-0.4, -0.2) is 47.8 Å². The van der Waals surface area contributed by atoms with E-state index < -0.39 is 12.3 Å². The molecule has 1 amide bonds. The van der Waals surface area contributed by atoms with Gasteiger partial charge in [0.15, 0.2) is 0 Å². The average molecular weight is 402 g/mol. The Hall–Kier alpha value is -3.23. The molecule has 2 aromatic rings. The molecule has 0 spiro atoms. The third kappa shape index (κ3) is 7.36.